The molecular weight excluding hydrogens is 421 g/mol. The highest BCUT2D eigenvalue weighted by molar-refractivity contribution is 6.46. The summed E-state index contributed by atoms with van der Waals surface area (Å²) in [5.41, 5.74) is 2.12. The fourth-order valence-corrected chi connectivity index (χ4v) is 3.36. The van der Waals surface area contributed by atoms with E-state index in [4.69, 9.17) is 0 Å². The number of halogens is 3. The minimum absolute atomic E-state index is 0.0362. The number of nitrogens with zero attached hydrogens (tertiary/aromatic N) is 1. The smallest absolute Gasteiger partial charge is 0.406 e. The topological polar surface area (TPSA) is 58.6 Å². The molecule has 1 aliphatic rings. The molecule has 162 valence electrons. The summed E-state index contributed by atoms with van der Waals surface area (Å²) in [5.74, 6) is -1.59. The van der Waals surface area contributed by atoms with Crippen molar-refractivity contribution in [3.63, 3.8) is 0 Å². The first-order chi connectivity index (χ1) is 15.2. The SMILES string of the molecule is Cc1ccc(N2C(=O)C(Nc3cccc(OC(F)(F)F)c3)=C(c3ccccc3)C2=O)cc1. The number of anilines is 2. The van der Waals surface area contributed by atoms with Crippen LogP contribution in [0.5, 0.6) is 5.75 Å². The molecule has 4 rings (SSSR count). The first kappa shape index (κ1) is 21.2. The maximum absolute atomic E-state index is 13.3. The van der Waals surface area contributed by atoms with Gasteiger partial charge in [0.25, 0.3) is 11.8 Å². The number of rotatable bonds is 5. The molecule has 0 atom stereocenters. The molecule has 3 aromatic carbocycles. The van der Waals surface area contributed by atoms with Gasteiger partial charge in [-0.1, -0.05) is 54.1 Å². The lowest BCUT2D eigenvalue weighted by Gasteiger charge is -2.16. The Morgan fingerprint density at radius 3 is 2.19 bits per heavy atom. The van der Waals surface area contributed by atoms with Crippen molar-refractivity contribution < 1.29 is 27.5 Å². The molecule has 0 radical (unpaired) electrons. The second-order valence-electron chi connectivity index (χ2n) is 7.10. The Labute approximate surface area is 181 Å². The van der Waals surface area contributed by atoms with Crippen LogP contribution in [0.3, 0.4) is 0 Å². The van der Waals surface area contributed by atoms with E-state index >= 15 is 0 Å². The number of carbonyl (C=O) groups excluding carboxylic acids is 2. The fourth-order valence-electron chi connectivity index (χ4n) is 3.36. The summed E-state index contributed by atoms with van der Waals surface area (Å²) in [6.45, 7) is 1.88. The molecule has 0 saturated carbocycles. The molecule has 0 saturated heterocycles. The molecule has 1 heterocycles. The Bertz CT molecular complexity index is 1200. The van der Waals surface area contributed by atoms with Gasteiger partial charge in [-0.15, -0.1) is 13.2 Å². The zero-order chi connectivity index (χ0) is 22.9. The lowest BCUT2D eigenvalue weighted by molar-refractivity contribution is -0.274. The van der Waals surface area contributed by atoms with Crippen LogP contribution in [0.1, 0.15) is 11.1 Å². The molecule has 1 aliphatic heterocycles. The van der Waals surface area contributed by atoms with Crippen molar-refractivity contribution in [3.05, 3.63) is 95.7 Å². The van der Waals surface area contributed by atoms with Gasteiger partial charge >= 0.3 is 6.36 Å². The van der Waals surface area contributed by atoms with Crippen LogP contribution in [-0.2, 0) is 9.59 Å². The van der Waals surface area contributed by atoms with E-state index in [0.717, 1.165) is 22.6 Å². The van der Waals surface area contributed by atoms with Crippen LogP contribution in [-0.4, -0.2) is 18.2 Å². The van der Waals surface area contributed by atoms with E-state index < -0.39 is 23.9 Å². The minimum atomic E-state index is -4.85. The Hall–Kier alpha value is -4.07. The summed E-state index contributed by atoms with van der Waals surface area (Å²) in [5, 5.41) is 2.83. The fraction of sp³-hybridized carbons (Fsp3) is 0.0833. The van der Waals surface area contributed by atoms with Gasteiger partial charge in [-0.3, -0.25) is 9.59 Å². The quantitative estimate of drug-likeness (QED) is 0.550. The predicted molar refractivity (Wildman–Crippen MR) is 114 cm³/mol. The first-order valence-corrected chi connectivity index (χ1v) is 9.61. The van der Waals surface area contributed by atoms with Gasteiger partial charge in [0.05, 0.1) is 11.3 Å². The molecule has 2 amide bonds. The molecule has 0 unspecified atom stereocenters. The Balaban J connectivity index is 1.75. The van der Waals surface area contributed by atoms with Gasteiger partial charge in [-0.25, -0.2) is 4.90 Å². The molecule has 5 nitrogen and oxygen atoms in total. The molecule has 0 aliphatic carbocycles. The molecule has 32 heavy (non-hydrogen) atoms. The number of nitrogens with one attached hydrogen (secondary N) is 1. The normalized spacial score (nSPS) is 14.2. The van der Waals surface area contributed by atoms with Gasteiger partial charge in [0.1, 0.15) is 11.4 Å². The van der Waals surface area contributed by atoms with Crippen molar-refractivity contribution in [1.82, 2.24) is 0 Å². The lowest BCUT2D eigenvalue weighted by Crippen LogP contribution is -2.32. The Morgan fingerprint density at radius 2 is 1.53 bits per heavy atom. The van der Waals surface area contributed by atoms with Crippen molar-refractivity contribution in [2.24, 2.45) is 0 Å². The van der Waals surface area contributed by atoms with Gasteiger partial charge in [-0.2, -0.15) is 0 Å². The van der Waals surface area contributed by atoms with E-state index in [1.54, 1.807) is 54.6 Å². The highest BCUT2D eigenvalue weighted by Gasteiger charge is 2.40. The predicted octanol–water partition coefficient (Wildman–Crippen LogP) is 5.29. The van der Waals surface area contributed by atoms with Crippen LogP contribution in [0.4, 0.5) is 24.5 Å². The second kappa shape index (κ2) is 8.22. The third-order valence-electron chi connectivity index (χ3n) is 4.78. The van der Waals surface area contributed by atoms with Crippen molar-refractivity contribution >= 4 is 28.8 Å². The maximum atomic E-state index is 13.3. The van der Waals surface area contributed by atoms with Crippen molar-refractivity contribution in [2.75, 3.05) is 10.2 Å². The number of aryl methyl sites for hydroxylation is 1. The largest absolute Gasteiger partial charge is 0.573 e. The molecule has 0 fully saturated rings. The van der Waals surface area contributed by atoms with Crippen LogP contribution in [0.25, 0.3) is 5.57 Å². The minimum Gasteiger partial charge on any atom is -0.406 e. The second-order valence-corrected chi connectivity index (χ2v) is 7.10. The average molecular weight is 438 g/mol. The lowest BCUT2D eigenvalue weighted by atomic mass is 10.0. The van der Waals surface area contributed by atoms with Crippen molar-refractivity contribution in [1.29, 1.82) is 0 Å². The first-order valence-electron chi connectivity index (χ1n) is 9.61. The average Bonchev–Trinajstić information content (AvgIpc) is 2.98. The van der Waals surface area contributed by atoms with Gasteiger partial charge in [0, 0.05) is 11.8 Å². The molecule has 8 heteroatoms. The molecule has 0 bridgehead atoms. The summed E-state index contributed by atoms with van der Waals surface area (Å²) in [4.78, 5) is 27.6. The maximum Gasteiger partial charge on any atom is 0.573 e. The summed E-state index contributed by atoms with van der Waals surface area (Å²) in [7, 11) is 0. The number of hydrogen-bond donors (Lipinski definition) is 1. The zero-order valence-electron chi connectivity index (χ0n) is 16.8. The monoisotopic (exact) mass is 438 g/mol. The summed E-state index contributed by atoms with van der Waals surface area (Å²) in [6, 6.07) is 20.6. The van der Waals surface area contributed by atoms with E-state index in [2.05, 4.69) is 10.1 Å². The van der Waals surface area contributed by atoms with Crippen LogP contribution in [0, 0.1) is 6.92 Å². The third-order valence-corrected chi connectivity index (χ3v) is 4.78. The molecule has 1 N–H and O–H groups in total. The van der Waals surface area contributed by atoms with Crippen LogP contribution in [0.2, 0.25) is 0 Å². The highest BCUT2D eigenvalue weighted by Crippen LogP contribution is 2.34. The zero-order valence-corrected chi connectivity index (χ0v) is 16.8. The van der Waals surface area contributed by atoms with E-state index in [-0.39, 0.29) is 17.0 Å². The van der Waals surface area contributed by atoms with Crippen LogP contribution >= 0.6 is 0 Å². The number of ether oxygens (including phenoxy) is 1. The Kier molecular flexibility index (Phi) is 5.44. The number of hydrogen-bond acceptors (Lipinski definition) is 4. The van der Waals surface area contributed by atoms with Crippen molar-refractivity contribution in [3.8, 4) is 5.75 Å². The summed E-state index contributed by atoms with van der Waals surface area (Å²) >= 11 is 0. The standard InChI is InChI=1S/C24H17F3N2O3/c1-15-10-12-18(13-11-15)29-22(30)20(16-6-3-2-4-7-16)21(23(29)31)28-17-8-5-9-19(14-17)32-24(25,26)27/h2-14,28H,1H3. The summed E-state index contributed by atoms with van der Waals surface area (Å²) < 4.78 is 41.7. The highest BCUT2D eigenvalue weighted by atomic mass is 19.4. The van der Waals surface area contributed by atoms with Crippen molar-refractivity contribution in [2.45, 2.75) is 13.3 Å². The molecular formula is C24H17F3N2O3. The molecule has 0 spiro atoms. The van der Waals surface area contributed by atoms with E-state index in [0.29, 0.717) is 11.3 Å². The van der Waals surface area contributed by atoms with Gasteiger partial charge in [0.2, 0.25) is 0 Å². The molecule has 0 aromatic heterocycles. The van der Waals surface area contributed by atoms with Crippen LogP contribution < -0.4 is 15.0 Å². The van der Waals surface area contributed by atoms with E-state index in [1.807, 2.05) is 6.92 Å². The number of imide groups is 1. The van der Waals surface area contributed by atoms with Crippen LogP contribution in [0.15, 0.2) is 84.6 Å². The third kappa shape index (κ3) is 4.34. The van der Waals surface area contributed by atoms with Gasteiger partial charge in [0.15, 0.2) is 0 Å². The Morgan fingerprint density at radius 1 is 0.844 bits per heavy atom. The molecule has 3 aromatic rings. The number of amides is 2. The number of alkyl halides is 3. The van der Waals surface area contributed by atoms with Gasteiger partial charge < -0.3 is 10.1 Å². The van der Waals surface area contributed by atoms with E-state index in [1.165, 1.54) is 12.1 Å². The number of benzene rings is 3. The summed E-state index contributed by atoms with van der Waals surface area (Å²) in [6.07, 6.45) is -4.85. The van der Waals surface area contributed by atoms with E-state index in [9.17, 15) is 22.8 Å². The number of carbonyl (C=O) groups is 2. The van der Waals surface area contributed by atoms with Gasteiger partial charge in [-0.05, 0) is 36.8 Å².